The molecule has 20 heavy (non-hydrogen) atoms. The van der Waals surface area contributed by atoms with Gasteiger partial charge < -0.3 is 15.4 Å². The average molecular weight is 274 g/mol. The molecule has 2 N–H and O–H groups in total. The lowest BCUT2D eigenvalue weighted by Crippen LogP contribution is -2.53. The van der Waals surface area contributed by atoms with E-state index >= 15 is 0 Å². The molecule has 3 atom stereocenters. The van der Waals surface area contributed by atoms with Gasteiger partial charge in [0.05, 0.1) is 0 Å². The summed E-state index contributed by atoms with van der Waals surface area (Å²) in [6, 6.07) is 8.29. The number of amides is 1. The second kappa shape index (κ2) is 5.44. The van der Waals surface area contributed by atoms with Crippen molar-refractivity contribution in [3.63, 3.8) is 0 Å². The summed E-state index contributed by atoms with van der Waals surface area (Å²) in [5.41, 5.74) is 6.88. The van der Waals surface area contributed by atoms with E-state index in [-0.39, 0.29) is 23.9 Å². The van der Waals surface area contributed by atoms with Gasteiger partial charge in [0, 0.05) is 24.2 Å². The summed E-state index contributed by atoms with van der Waals surface area (Å²) in [5, 5.41) is 0. The van der Waals surface area contributed by atoms with Gasteiger partial charge in [-0.25, -0.2) is 0 Å². The van der Waals surface area contributed by atoms with Gasteiger partial charge in [0.2, 0.25) is 5.91 Å². The Labute approximate surface area is 119 Å². The van der Waals surface area contributed by atoms with Crippen LogP contribution in [0.5, 0.6) is 5.75 Å². The van der Waals surface area contributed by atoms with Crippen molar-refractivity contribution in [3.8, 4) is 5.75 Å². The van der Waals surface area contributed by atoms with Gasteiger partial charge in [0.1, 0.15) is 18.3 Å². The van der Waals surface area contributed by atoms with E-state index in [1.54, 1.807) is 0 Å². The van der Waals surface area contributed by atoms with Crippen LogP contribution in [0.3, 0.4) is 0 Å². The molecule has 0 saturated carbocycles. The lowest BCUT2D eigenvalue weighted by Gasteiger charge is -2.41. The number of piperidine rings is 1. The van der Waals surface area contributed by atoms with Crippen molar-refractivity contribution in [1.29, 1.82) is 0 Å². The fourth-order valence-electron chi connectivity index (χ4n) is 3.46. The van der Waals surface area contributed by atoms with Crippen LogP contribution in [0.15, 0.2) is 24.3 Å². The molecule has 2 heterocycles. The molecule has 2 aliphatic heterocycles. The molecule has 1 saturated heterocycles. The monoisotopic (exact) mass is 274 g/mol. The molecule has 3 unspecified atom stereocenters. The molecule has 4 heteroatoms. The average Bonchev–Trinajstić information content (AvgIpc) is 2.90. The first-order chi connectivity index (χ1) is 9.72. The lowest BCUT2D eigenvalue weighted by atomic mass is 9.92. The first-order valence-electron chi connectivity index (χ1n) is 7.46. The molecular weight excluding hydrogens is 252 g/mol. The number of fused-ring (bicyclic) bond motifs is 1. The number of likely N-dealkylation sites (tertiary alicyclic amines) is 1. The second-order valence-electron chi connectivity index (χ2n) is 5.82. The van der Waals surface area contributed by atoms with E-state index in [1.165, 1.54) is 0 Å². The Bertz CT molecular complexity index is 503. The zero-order chi connectivity index (χ0) is 14.1. The van der Waals surface area contributed by atoms with Crippen molar-refractivity contribution >= 4 is 5.91 Å². The van der Waals surface area contributed by atoms with Crippen molar-refractivity contribution in [2.45, 2.75) is 44.2 Å². The standard InChI is InChI=1S/C16H22N2O2/c1-11-5-4-6-12(9-17)18(11)16(19)14-10-20-15-8-3-2-7-13(14)15/h2-3,7-8,11-12,14H,4-6,9-10,17H2,1H3. The number of para-hydroxylation sites is 1. The number of rotatable bonds is 2. The molecule has 1 aromatic carbocycles. The van der Waals surface area contributed by atoms with Crippen molar-refractivity contribution in [2.75, 3.05) is 13.2 Å². The van der Waals surface area contributed by atoms with Gasteiger partial charge in [-0.1, -0.05) is 18.2 Å². The summed E-state index contributed by atoms with van der Waals surface area (Å²) >= 11 is 0. The molecular formula is C16H22N2O2. The first-order valence-corrected chi connectivity index (χ1v) is 7.46. The van der Waals surface area contributed by atoms with Crippen LogP contribution >= 0.6 is 0 Å². The molecule has 2 aliphatic rings. The highest BCUT2D eigenvalue weighted by Gasteiger charge is 2.38. The highest BCUT2D eigenvalue weighted by molar-refractivity contribution is 5.86. The maximum atomic E-state index is 12.9. The maximum absolute atomic E-state index is 12.9. The van der Waals surface area contributed by atoms with Crippen LogP contribution in [0.4, 0.5) is 0 Å². The predicted molar refractivity (Wildman–Crippen MR) is 77.7 cm³/mol. The number of carbonyl (C=O) groups excluding carboxylic acids is 1. The van der Waals surface area contributed by atoms with Gasteiger partial charge >= 0.3 is 0 Å². The van der Waals surface area contributed by atoms with Gasteiger partial charge in [0.25, 0.3) is 0 Å². The van der Waals surface area contributed by atoms with E-state index in [2.05, 4.69) is 6.92 Å². The van der Waals surface area contributed by atoms with E-state index in [0.717, 1.165) is 30.6 Å². The van der Waals surface area contributed by atoms with E-state index in [1.807, 2.05) is 29.2 Å². The summed E-state index contributed by atoms with van der Waals surface area (Å²) in [6.07, 6.45) is 3.24. The fourth-order valence-corrected chi connectivity index (χ4v) is 3.46. The molecule has 3 rings (SSSR count). The molecule has 0 aliphatic carbocycles. The SMILES string of the molecule is CC1CCCC(CN)N1C(=O)C1COc2ccccc21. The van der Waals surface area contributed by atoms with Crippen LogP contribution in [-0.4, -0.2) is 36.0 Å². The van der Waals surface area contributed by atoms with Crippen LogP contribution in [-0.2, 0) is 4.79 Å². The fraction of sp³-hybridized carbons (Fsp3) is 0.562. The third-order valence-electron chi connectivity index (χ3n) is 4.55. The summed E-state index contributed by atoms with van der Waals surface area (Å²) in [4.78, 5) is 14.9. The highest BCUT2D eigenvalue weighted by Crippen LogP contribution is 2.36. The number of hydrogen-bond acceptors (Lipinski definition) is 3. The van der Waals surface area contributed by atoms with Crippen LogP contribution in [0.2, 0.25) is 0 Å². The quantitative estimate of drug-likeness (QED) is 0.896. The zero-order valence-corrected chi connectivity index (χ0v) is 11.9. The lowest BCUT2D eigenvalue weighted by molar-refractivity contribution is -0.139. The smallest absolute Gasteiger partial charge is 0.234 e. The van der Waals surface area contributed by atoms with Gasteiger partial charge in [-0.2, -0.15) is 0 Å². The molecule has 1 aromatic rings. The Kier molecular flexibility index (Phi) is 3.66. The largest absolute Gasteiger partial charge is 0.492 e. The number of nitrogens with two attached hydrogens (primary N) is 1. The minimum Gasteiger partial charge on any atom is -0.492 e. The molecule has 0 spiro atoms. The van der Waals surface area contributed by atoms with Gasteiger partial charge in [-0.3, -0.25) is 4.79 Å². The first kappa shape index (κ1) is 13.4. The Balaban J connectivity index is 1.85. The topological polar surface area (TPSA) is 55.6 Å². The number of nitrogens with zero attached hydrogens (tertiary/aromatic N) is 1. The molecule has 0 bridgehead atoms. The van der Waals surface area contributed by atoms with Crippen LogP contribution < -0.4 is 10.5 Å². The van der Waals surface area contributed by atoms with Gasteiger partial charge in [-0.15, -0.1) is 0 Å². The molecule has 1 amide bonds. The molecule has 0 radical (unpaired) electrons. The molecule has 4 nitrogen and oxygen atoms in total. The summed E-state index contributed by atoms with van der Waals surface area (Å²) in [5.74, 6) is 0.859. The summed E-state index contributed by atoms with van der Waals surface area (Å²) in [6.45, 7) is 3.13. The Morgan fingerprint density at radius 3 is 3.00 bits per heavy atom. The van der Waals surface area contributed by atoms with Gasteiger partial charge in [0.15, 0.2) is 0 Å². The predicted octanol–water partition coefficient (Wildman–Crippen LogP) is 1.89. The van der Waals surface area contributed by atoms with Crippen LogP contribution in [0.25, 0.3) is 0 Å². The van der Waals surface area contributed by atoms with E-state index < -0.39 is 0 Å². The minimum absolute atomic E-state index is 0.166. The Hall–Kier alpha value is -1.55. The van der Waals surface area contributed by atoms with Crippen LogP contribution in [0.1, 0.15) is 37.7 Å². The third-order valence-corrected chi connectivity index (χ3v) is 4.55. The number of hydrogen-bond donors (Lipinski definition) is 1. The molecule has 0 aromatic heterocycles. The van der Waals surface area contributed by atoms with Crippen molar-refractivity contribution in [3.05, 3.63) is 29.8 Å². The normalized spacial score (nSPS) is 28.9. The van der Waals surface area contributed by atoms with Crippen molar-refractivity contribution in [2.24, 2.45) is 5.73 Å². The number of carbonyl (C=O) groups is 1. The van der Waals surface area contributed by atoms with E-state index in [0.29, 0.717) is 13.2 Å². The zero-order valence-electron chi connectivity index (χ0n) is 11.9. The number of benzene rings is 1. The third kappa shape index (κ3) is 2.18. The highest BCUT2D eigenvalue weighted by atomic mass is 16.5. The van der Waals surface area contributed by atoms with Gasteiger partial charge in [-0.05, 0) is 32.3 Å². The number of ether oxygens (including phenoxy) is 1. The van der Waals surface area contributed by atoms with Crippen molar-refractivity contribution < 1.29 is 9.53 Å². The minimum atomic E-state index is -0.166. The Morgan fingerprint density at radius 2 is 2.20 bits per heavy atom. The van der Waals surface area contributed by atoms with E-state index in [4.69, 9.17) is 10.5 Å². The van der Waals surface area contributed by atoms with E-state index in [9.17, 15) is 4.79 Å². The molecule has 108 valence electrons. The summed E-state index contributed by atoms with van der Waals surface area (Å²) in [7, 11) is 0. The van der Waals surface area contributed by atoms with Crippen molar-refractivity contribution in [1.82, 2.24) is 4.90 Å². The molecule has 1 fully saturated rings. The maximum Gasteiger partial charge on any atom is 0.234 e. The Morgan fingerprint density at radius 1 is 1.40 bits per heavy atom. The summed E-state index contributed by atoms with van der Waals surface area (Å²) < 4.78 is 5.65. The second-order valence-corrected chi connectivity index (χ2v) is 5.82. The van der Waals surface area contributed by atoms with Crippen LogP contribution in [0, 0.1) is 0 Å².